The van der Waals surface area contributed by atoms with Gasteiger partial charge in [0.25, 0.3) is 0 Å². The predicted molar refractivity (Wildman–Crippen MR) is 53.3 cm³/mol. The molecule has 2 saturated heterocycles. The van der Waals surface area contributed by atoms with Crippen molar-refractivity contribution in [2.75, 3.05) is 26.2 Å². The number of carboxylic acids is 1. The highest BCUT2D eigenvalue weighted by atomic mass is 16.4. The molecule has 80 valence electrons. The van der Waals surface area contributed by atoms with Crippen LogP contribution in [0.25, 0.3) is 0 Å². The molecule has 1 unspecified atom stereocenters. The van der Waals surface area contributed by atoms with Crippen LogP contribution in [-0.2, 0) is 4.79 Å². The first kappa shape index (κ1) is 9.93. The Bertz CT molecular complexity index is 226. The second-order valence-electron chi connectivity index (χ2n) is 4.24. The zero-order valence-corrected chi connectivity index (χ0v) is 8.65. The van der Waals surface area contributed by atoms with E-state index in [1.807, 2.05) is 0 Å². The van der Waals surface area contributed by atoms with Gasteiger partial charge in [-0.05, 0) is 25.9 Å². The van der Waals surface area contributed by atoms with Gasteiger partial charge in [-0.3, -0.25) is 9.69 Å². The summed E-state index contributed by atoms with van der Waals surface area (Å²) in [6.45, 7) is 6.32. The topological polar surface area (TPSA) is 43.8 Å². The van der Waals surface area contributed by atoms with Crippen molar-refractivity contribution in [1.29, 1.82) is 0 Å². The van der Waals surface area contributed by atoms with Crippen molar-refractivity contribution >= 4 is 5.97 Å². The summed E-state index contributed by atoms with van der Waals surface area (Å²) in [7, 11) is 0. The summed E-state index contributed by atoms with van der Waals surface area (Å²) in [6.07, 6.45) is 1.87. The molecule has 4 nitrogen and oxygen atoms in total. The lowest BCUT2D eigenvalue weighted by atomic mass is 10.1. The average molecular weight is 198 g/mol. The Hall–Kier alpha value is -0.610. The highest BCUT2D eigenvalue weighted by Crippen LogP contribution is 2.25. The summed E-state index contributed by atoms with van der Waals surface area (Å²) < 4.78 is 0. The van der Waals surface area contributed by atoms with Crippen molar-refractivity contribution in [2.24, 2.45) is 0 Å². The maximum Gasteiger partial charge on any atom is 0.320 e. The van der Waals surface area contributed by atoms with Crippen LogP contribution in [0.1, 0.15) is 19.8 Å². The molecule has 2 rings (SSSR count). The van der Waals surface area contributed by atoms with E-state index in [-0.39, 0.29) is 6.04 Å². The Morgan fingerprint density at radius 2 is 2.21 bits per heavy atom. The molecule has 1 N–H and O–H groups in total. The lowest BCUT2D eigenvalue weighted by molar-refractivity contribution is -0.144. The molecule has 2 heterocycles. The molecule has 1 atom stereocenters. The fourth-order valence-electron chi connectivity index (χ4n) is 2.50. The van der Waals surface area contributed by atoms with Crippen molar-refractivity contribution in [3.63, 3.8) is 0 Å². The van der Waals surface area contributed by atoms with Crippen molar-refractivity contribution in [2.45, 2.75) is 31.8 Å². The van der Waals surface area contributed by atoms with Crippen LogP contribution in [0.3, 0.4) is 0 Å². The van der Waals surface area contributed by atoms with E-state index in [4.69, 9.17) is 5.11 Å². The summed E-state index contributed by atoms with van der Waals surface area (Å²) in [5, 5.41) is 9.02. The van der Waals surface area contributed by atoms with Crippen LogP contribution in [-0.4, -0.2) is 59.1 Å². The molecule has 4 heteroatoms. The molecule has 0 aromatic heterocycles. The van der Waals surface area contributed by atoms with E-state index in [0.717, 1.165) is 39.0 Å². The Balaban J connectivity index is 1.89. The van der Waals surface area contributed by atoms with Crippen LogP contribution < -0.4 is 0 Å². The number of likely N-dealkylation sites (N-methyl/N-ethyl adjacent to an activating group) is 1. The SMILES string of the molecule is CCN1CC(N2CCCC2C(=O)O)C1. The zero-order valence-electron chi connectivity index (χ0n) is 8.65. The van der Waals surface area contributed by atoms with Crippen molar-refractivity contribution in [1.82, 2.24) is 9.80 Å². The molecule has 0 aromatic carbocycles. The molecule has 14 heavy (non-hydrogen) atoms. The third-order valence-corrected chi connectivity index (χ3v) is 3.43. The Morgan fingerprint density at radius 3 is 2.79 bits per heavy atom. The first-order valence-corrected chi connectivity index (χ1v) is 5.43. The minimum absolute atomic E-state index is 0.209. The van der Waals surface area contributed by atoms with Gasteiger partial charge in [0.05, 0.1) is 0 Å². The number of rotatable bonds is 3. The summed E-state index contributed by atoms with van der Waals surface area (Å²) in [5.74, 6) is -0.641. The fraction of sp³-hybridized carbons (Fsp3) is 0.900. The van der Waals surface area contributed by atoms with Gasteiger partial charge in [0.2, 0.25) is 0 Å². The Morgan fingerprint density at radius 1 is 1.50 bits per heavy atom. The molecule has 0 amide bonds. The maximum absolute atomic E-state index is 11.0. The molecule has 2 fully saturated rings. The quantitative estimate of drug-likeness (QED) is 0.705. The largest absolute Gasteiger partial charge is 0.480 e. The highest BCUT2D eigenvalue weighted by Gasteiger charge is 2.39. The fourth-order valence-corrected chi connectivity index (χ4v) is 2.50. The maximum atomic E-state index is 11.0. The number of nitrogens with zero attached hydrogens (tertiary/aromatic N) is 2. The molecular formula is C10H18N2O2. The van der Waals surface area contributed by atoms with E-state index in [1.165, 1.54) is 0 Å². The van der Waals surface area contributed by atoms with Gasteiger partial charge in [-0.25, -0.2) is 0 Å². The van der Waals surface area contributed by atoms with E-state index in [0.29, 0.717) is 6.04 Å². The monoisotopic (exact) mass is 198 g/mol. The second-order valence-corrected chi connectivity index (χ2v) is 4.24. The van der Waals surface area contributed by atoms with Gasteiger partial charge in [-0.15, -0.1) is 0 Å². The van der Waals surface area contributed by atoms with Crippen LogP contribution in [0.2, 0.25) is 0 Å². The Kier molecular flexibility index (Phi) is 2.74. The van der Waals surface area contributed by atoms with Gasteiger partial charge in [0.1, 0.15) is 6.04 Å². The van der Waals surface area contributed by atoms with Crippen molar-refractivity contribution in [3.05, 3.63) is 0 Å². The van der Waals surface area contributed by atoms with E-state index in [1.54, 1.807) is 0 Å². The lowest BCUT2D eigenvalue weighted by Gasteiger charge is -2.45. The lowest BCUT2D eigenvalue weighted by Crippen LogP contribution is -2.61. The molecular weight excluding hydrogens is 180 g/mol. The van der Waals surface area contributed by atoms with Gasteiger partial charge in [0.15, 0.2) is 0 Å². The van der Waals surface area contributed by atoms with Crippen LogP contribution in [0.5, 0.6) is 0 Å². The third-order valence-electron chi connectivity index (χ3n) is 3.43. The van der Waals surface area contributed by atoms with Crippen LogP contribution in [0, 0.1) is 0 Å². The highest BCUT2D eigenvalue weighted by molar-refractivity contribution is 5.73. The zero-order chi connectivity index (χ0) is 10.1. The number of carbonyl (C=O) groups is 1. The standard InChI is InChI=1S/C10H18N2O2/c1-2-11-6-8(7-11)12-5-3-4-9(12)10(13)14/h8-9H,2-7H2,1H3,(H,13,14). The van der Waals surface area contributed by atoms with E-state index < -0.39 is 5.97 Å². The number of carboxylic acid groups (broad SMARTS) is 1. The first-order valence-electron chi connectivity index (χ1n) is 5.43. The van der Waals surface area contributed by atoms with E-state index >= 15 is 0 Å². The minimum Gasteiger partial charge on any atom is -0.480 e. The van der Waals surface area contributed by atoms with Gasteiger partial charge < -0.3 is 10.0 Å². The van der Waals surface area contributed by atoms with Gasteiger partial charge >= 0.3 is 5.97 Å². The molecule has 2 aliphatic rings. The number of likely N-dealkylation sites (tertiary alicyclic amines) is 2. The molecule has 0 aliphatic carbocycles. The van der Waals surface area contributed by atoms with Crippen LogP contribution in [0.4, 0.5) is 0 Å². The average Bonchev–Trinajstić information content (AvgIpc) is 2.50. The van der Waals surface area contributed by atoms with Crippen LogP contribution in [0.15, 0.2) is 0 Å². The minimum atomic E-state index is -0.641. The number of aliphatic carboxylic acids is 1. The molecule has 0 saturated carbocycles. The molecule has 2 aliphatic heterocycles. The summed E-state index contributed by atoms with van der Waals surface area (Å²) in [4.78, 5) is 15.5. The molecule has 0 spiro atoms. The summed E-state index contributed by atoms with van der Waals surface area (Å²) in [5.41, 5.74) is 0. The van der Waals surface area contributed by atoms with Crippen molar-refractivity contribution in [3.8, 4) is 0 Å². The normalized spacial score (nSPS) is 30.5. The van der Waals surface area contributed by atoms with Gasteiger partial charge in [0, 0.05) is 19.1 Å². The van der Waals surface area contributed by atoms with Crippen molar-refractivity contribution < 1.29 is 9.90 Å². The molecule has 0 radical (unpaired) electrons. The predicted octanol–water partition coefficient (Wildman–Crippen LogP) is 0.239. The Labute approximate surface area is 84.5 Å². The number of hydrogen-bond acceptors (Lipinski definition) is 3. The second kappa shape index (κ2) is 3.87. The van der Waals surface area contributed by atoms with Crippen LogP contribution >= 0.6 is 0 Å². The summed E-state index contributed by atoms with van der Waals surface area (Å²) in [6, 6.07) is 0.289. The summed E-state index contributed by atoms with van der Waals surface area (Å²) >= 11 is 0. The van der Waals surface area contributed by atoms with E-state index in [2.05, 4.69) is 16.7 Å². The smallest absolute Gasteiger partial charge is 0.320 e. The third kappa shape index (κ3) is 1.64. The van der Waals surface area contributed by atoms with Gasteiger partial charge in [-0.2, -0.15) is 0 Å². The number of hydrogen-bond donors (Lipinski definition) is 1. The van der Waals surface area contributed by atoms with E-state index in [9.17, 15) is 4.79 Å². The first-order chi connectivity index (χ1) is 6.72. The molecule has 0 bridgehead atoms. The van der Waals surface area contributed by atoms with Gasteiger partial charge in [-0.1, -0.05) is 6.92 Å². The molecule has 0 aromatic rings.